The summed E-state index contributed by atoms with van der Waals surface area (Å²) in [7, 11) is 0. The van der Waals surface area contributed by atoms with Crippen molar-refractivity contribution in [2.45, 2.75) is 53.1 Å². The van der Waals surface area contributed by atoms with Gasteiger partial charge in [0.25, 0.3) is 0 Å². The maximum absolute atomic E-state index is 12.0. The van der Waals surface area contributed by atoms with Crippen LogP contribution in [0.15, 0.2) is 0 Å². The van der Waals surface area contributed by atoms with Gasteiger partial charge in [0.05, 0.1) is 0 Å². The Hall–Kier alpha value is -0.810. The molecule has 1 aliphatic heterocycles. The van der Waals surface area contributed by atoms with Crippen molar-refractivity contribution in [2.75, 3.05) is 45.8 Å². The van der Waals surface area contributed by atoms with Gasteiger partial charge in [0, 0.05) is 26.2 Å². The second kappa shape index (κ2) is 9.36. The van der Waals surface area contributed by atoms with E-state index in [2.05, 4.69) is 24.1 Å². The smallest absolute Gasteiger partial charge is 0.410 e. The average Bonchev–Trinajstić information content (AvgIpc) is 2.45. The van der Waals surface area contributed by atoms with E-state index in [1.165, 1.54) is 12.8 Å². The van der Waals surface area contributed by atoms with E-state index < -0.39 is 5.60 Å². The van der Waals surface area contributed by atoms with Gasteiger partial charge in [-0.1, -0.05) is 20.3 Å². The fourth-order valence-electron chi connectivity index (χ4n) is 2.40. The summed E-state index contributed by atoms with van der Waals surface area (Å²) in [6, 6.07) is 0. The number of carbonyl (C=O) groups excluding carboxylic acids is 1. The monoisotopic (exact) mass is 313 g/mol. The molecule has 1 N–H and O–H groups in total. The first-order chi connectivity index (χ1) is 10.3. The van der Waals surface area contributed by atoms with Crippen molar-refractivity contribution >= 4 is 6.09 Å². The topological polar surface area (TPSA) is 44.8 Å². The fourth-order valence-corrected chi connectivity index (χ4v) is 2.40. The number of ether oxygens (including phenoxy) is 1. The summed E-state index contributed by atoms with van der Waals surface area (Å²) in [4.78, 5) is 16.2. The molecule has 130 valence electrons. The molecule has 0 aromatic rings. The third kappa shape index (κ3) is 7.99. The van der Waals surface area contributed by atoms with E-state index >= 15 is 0 Å². The van der Waals surface area contributed by atoms with Crippen molar-refractivity contribution in [3.63, 3.8) is 0 Å². The van der Waals surface area contributed by atoms with E-state index in [4.69, 9.17) is 4.74 Å². The van der Waals surface area contributed by atoms with Gasteiger partial charge in [-0.2, -0.15) is 0 Å². The molecule has 0 saturated carbocycles. The van der Waals surface area contributed by atoms with Gasteiger partial charge in [-0.15, -0.1) is 0 Å². The number of nitrogens with zero attached hydrogens (tertiary/aromatic N) is 2. The fraction of sp³-hybridized carbons (Fsp3) is 0.941. The summed E-state index contributed by atoms with van der Waals surface area (Å²) in [6.45, 7) is 17.0. The van der Waals surface area contributed by atoms with Crippen LogP contribution in [0.2, 0.25) is 0 Å². The van der Waals surface area contributed by atoms with E-state index in [0.717, 1.165) is 51.7 Å². The zero-order valence-electron chi connectivity index (χ0n) is 15.2. The molecule has 1 unspecified atom stereocenters. The zero-order valence-corrected chi connectivity index (χ0v) is 15.2. The number of carbonyl (C=O) groups is 1. The van der Waals surface area contributed by atoms with Crippen LogP contribution in [0.3, 0.4) is 0 Å². The molecule has 0 spiro atoms. The van der Waals surface area contributed by atoms with Gasteiger partial charge in [-0.3, -0.25) is 4.90 Å². The molecule has 0 radical (unpaired) electrons. The lowest BCUT2D eigenvalue weighted by atomic mass is 10.1. The molecule has 1 amide bonds. The van der Waals surface area contributed by atoms with Gasteiger partial charge in [0.2, 0.25) is 0 Å². The lowest BCUT2D eigenvalue weighted by molar-refractivity contribution is 0.0144. The Kier molecular flexibility index (Phi) is 8.18. The highest BCUT2D eigenvalue weighted by atomic mass is 16.6. The summed E-state index contributed by atoms with van der Waals surface area (Å²) in [5, 5.41) is 3.52. The first-order valence-corrected chi connectivity index (χ1v) is 8.73. The molecule has 1 fully saturated rings. The summed E-state index contributed by atoms with van der Waals surface area (Å²) < 4.78 is 5.42. The quantitative estimate of drug-likeness (QED) is 0.734. The molecule has 0 aromatic heterocycles. The van der Waals surface area contributed by atoms with Crippen LogP contribution in [0.4, 0.5) is 4.79 Å². The Morgan fingerprint density at radius 1 is 1.23 bits per heavy atom. The van der Waals surface area contributed by atoms with Crippen LogP contribution in [0.1, 0.15) is 47.5 Å². The highest BCUT2D eigenvalue weighted by molar-refractivity contribution is 5.68. The molecule has 1 saturated heterocycles. The molecule has 22 heavy (non-hydrogen) atoms. The SMILES string of the molecule is CCC(C)CNCCCN1CCN(C(=O)OC(C)(C)C)CC1. The minimum Gasteiger partial charge on any atom is -0.444 e. The lowest BCUT2D eigenvalue weighted by Gasteiger charge is -2.35. The molecule has 1 atom stereocenters. The third-order valence-electron chi connectivity index (χ3n) is 4.04. The molecule has 0 bridgehead atoms. The normalized spacial score (nSPS) is 18.3. The van der Waals surface area contributed by atoms with Crippen LogP contribution in [0.5, 0.6) is 0 Å². The summed E-state index contributed by atoms with van der Waals surface area (Å²) in [5.74, 6) is 0.761. The predicted molar refractivity (Wildman–Crippen MR) is 91.2 cm³/mol. The number of hydrogen-bond donors (Lipinski definition) is 1. The molecule has 5 heteroatoms. The Morgan fingerprint density at radius 2 is 1.86 bits per heavy atom. The predicted octanol–water partition coefficient (Wildman–Crippen LogP) is 2.56. The van der Waals surface area contributed by atoms with Crippen LogP contribution in [-0.2, 0) is 4.74 Å². The summed E-state index contributed by atoms with van der Waals surface area (Å²) in [6.07, 6.45) is 2.23. The Bertz CT molecular complexity index is 320. The summed E-state index contributed by atoms with van der Waals surface area (Å²) >= 11 is 0. The molecular formula is C17H35N3O2. The van der Waals surface area contributed by atoms with Crippen LogP contribution in [0.25, 0.3) is 0 Å². The van der Waals surface area contributed by atoms with Crippen LogP contribution < -0.4 is 5.32 Å². The van der Waals surface area contributed by atoms with E-state index in [9.17, 15) is 4.79 Å². The van der Waals surface area contributed by atoms with E-state index in [1.807, 2.05) is 25.7 Å². The van der Waals surface area contributed by atoms with E-state index in [-0.39, 0.29) is 6.09 Å². The maximum atomic E-state index is 12.0. The van der Waals surface area contributed by atoms with Gasteiger partial charge >= 0.3 is 6.09 Å². The minimum atomic E-state index is -0.407. The first-order valence-electron chi connectivity index (χ1n) is 8.73. The van der Waals surface area contributed by atoms with Crippen molar-refractivity contribution in [1.29, 1.82) is 0 Å². The number of hydrogen-bond acceptors (Lipinski definition) is 4. The van der Waals surface area contributed by atoms with Gasteiger partial charge in [-0.25, -0.2) is 4.79 Å². The van der Waals surface area contributed by atoms with Gasteiger partial charge < -0.3 is 15.0 Å². The average molecular weight is 313 g/mol. The number of rotatable bonds is 7. The molecule has 1 rings (SSSR count). The molecule has 1 aliphatic rings. The second-order valence-electron chi connectivity index (χ2n) is 7.38. The maximum Gasteiger partial charge on any atom is 0.410 e. The van der Waals surface area contributed by atoms with Gasteiger partial charge in [-0.05, 0) is 52.7 Å². The Morgan fingerprint density at radius 3 is 2.41 bits per heavy atom. The number of amides is 1. The van der Waals surface area contributed by atoms with Gasteiger partial charge in [0.15, 0.2) is 0 Å². The largest absolute Gasteiger partial charge is 0.444 e. The molecule has 0 aromatic carbocycles. The highest BCUT2D eigenvalue weighted by Gasteiger charge is 2.25. The lowest BCUT2D eigenvalue weighted by Crippen LogP contribution is -2.50. The van der Waals surface area contributed by atoms with Crippen LogP contribution >= 0.6 is 0 Å². The molecular weight excluding hydrogens is 278 g/mol. The second-order valence-corrected chi connectivity index (χ2v) is 7.38. The van der Waals surface area contributed by atoms with Crippen LogP contribution in [-0.4, -0.2) is 67.3 Å². The van der Waals surface area contributed by atoms with E-state index in [0.29, 0.717) is 0 Å². The van der Waals surface area contributed by atoms with Crippen molar-refractivity contribution in [1.82, 2.24) is 15.1 Å². The van der Waals surface area contributed by atoms with Crippen LogP contribution in [0, 0.1) is 5.92 Å². The van der Waals surface area contributed by atoms with Crippen molar-refractivity contribution < 1.29 is 9.53 Å². The third-order valence-corrected chi connectivity index (χ3v) is 4.04. The summed E-state index contributed by atoms with van der Waals surface area (Å²) in [5.41, 5.74) is -0.407. The molecule has 5 nitrogen and oxygen atoms in total. The Balaban J connectivity index is 2.11. The zero-order chi connectivity index (χ0) is 16.6. The number of nitrogens with one attached hydrogen (secondary N) is 1. The minimum absolute atomic E-state index is 0.178. The van der Waals surface area contributed by atoms with Crippen molar-refractivity contribution in [3.8, 4) is 0 Å². The Labute approximate surface area is 136 Å². The standard InChI is InChI=1S/C17H35N3O2/c1-6-15(2)14-18-8-7-9-19-10-12-20(13-11-19)16(21)22-17(3,4)5/h15,18H,6-14H2,1-5H3. The number of piperazine rings is 1. The van der Waals surface area contributed by atoms with Crippen molar-refractivity contribution in [3.05, 3.63) is 0 Å². The molecule has 1 heterocycles. The molecule has 0 aliphatic carbocycles. The first kappa shape index (κ1) is 19.2. The van der Waals surface area contributed by atoms with E-state index in [1.54, 1.807) is 0 Å². The van der Waals surface area contributed by atoms with Crippen molar-refractivity contribution in [2.24, 2.45) is 5.92 Å². The van der Waals surface area contributed by atoms with Gasteiger partial charge in [0.1, 0.15) is 5.60 Å². The highest BCUT2D eigenvalue weighted by Crippen LogP contribution is 2.11.